The highest BCUT2D eigenvalue weighted by molar-refractivity contribution is 6.33. The van der Waals surface area contributed by atoms with Crippen LogP contribution in [0.15, 0.2) is 18.2 Å². The third-order valence-electron chi connectivity index (χ3n) is 1.63. The number of nitrogens with two attached hydrogens (primary N) is 1. The highest BCUT2D eigenvalue weighted by atomic mass is 35.5. The Bertz CT molecular complexity index is 355. The van der Waals surface area contributed by atoms with Crippen LogP contribution in [0.4, 0.5) is 5.69 Å². The standard InChI is InChI=1S/C10H12ClNO3/c1-2-14-10(13)6-15-7-3-4-9(12)8(11)5-7/h3-5H,2,6,12H2,1H3. The zero-order valence-corrected chi connectivity index (χ0v) is 9.08. The summed E-state index contributed by atoms with van der Waals surface area (Å²) >= 11 is 5.77. The van der Waals surface area contributed by atoms with Crippen LogP contribution in [0.5, 0.6) is 5.75 Å². The molecule has 0 spiro atoms. The molecule has 0 aliphatic heterocycles. The van der Waals surface area contributed by atoms with Crippen LogP contribution in [-0.4, -0.2) is 19.2 Å². The van der Waals surface area contributed by atoms with E-state index in [2.05, 4.69) is 0 Å². The molecule has 0 atom stereocenters. The van der Waals surface area contributed by atoms with Gasteiger partial charge in [-0.3, -0.25) is 0 Å². The Hall–Kier alpha value is -1.42. The fourth-order valence-electron chi connectivity index (χ4n) is 0.943. The first-order valence-electron chi connectivity index (χ1n) is 4.47. The maximum atomic E-state index is 11.0. The molecule has 0 aliphatic rings. The first-order valence-corrected chi connectivity index (χ1v) is 4.84. The van der Waals surface area contributed by atoms with E-state index >= 15 is 0 Å². The average Bonchev–Trinajstić information content (AvgIpc) is 2.20. The number of nitrogen functional groups attached to an aromatic ring is 1. The number of esters is 1. The van der Waals surface area contributed by atoms with Crippen molar-refractivity contribution < 1.29 is 14.3 Å². The lowest BCUT2D eigenvalue weighted by atomic mass is 10.3. The summed E-state index contributed by atoms with van der Waals surface area (Å²) in [6, 6.07) is 4.80. The van der Waals surface area contributed by atoms with E-state index in [-0.39, 0.29) is 6.61 Å². The van der Waals surface area contributed by atoms with Crippen LogP contribution in [0.25, 0.3) is 0 Å². The second-order valence-electron chi connectivity index (χ2n) is 2.78. The Morgan fingerprint density at radius 3 is 2.87 bits per heavy atom. The monoisotopic (exact) mass is 229 g/mol. The van der Waals surface area contributed by atoms with Crippen molar-refractivity contribution >= 4 is 23.3 Å². The van der Waals surface area contributed by atoms with Gasteiger partial charge in [-0.25, -0.2) is 4.79 Å². The Labute approximate surface area is 92.9 Å². The van der Waals surface area contributed by atoms with Gasteiger partial charge in [-0.1, -0.05) is 11.6 Å². The Morgan fingerprint density at radius 1 is 1.53 bits per heavy atom. The number of carbonyl (C=O) groups is 1. The van der Waals surface area contributed by atoms with Crippen molar-refractivity contribution in [2.45, 2.75) is 6.92 Å². The molecule has 5 heteroatoms. The summed E-state index contributed by atoms with van der Waals surface area (Å²) < 4.78 is 9.84. The van der Waals surface area contributed by atoms with E-state index in [4.69, 9.17) is 26.8 Å². The van der Waals surface area contributed by atoms with Crippen molar-refractivity contribution in [3.63, 3.8) is 0 Å². The summed E-state index contributed by atoms with van der Waals surface area (Å²) in [4.78, 5) is 11.0. The van der Waals surface area contributed by atoms with Crippen molar-refractivity contribution in [2.24, 2.45) is 0 Å². The number of ether oxygens (including phenoxy) is 2. The second kappa shape index (κ2) is 5.46. The summed E-state index contributed by atoms with van der Waals surface area (Å²) in [7, 11) is 0. The van der Waals surface area contributed by atoms with Gasteiger partial charge in [-0.2, -0.15) is 0 Å². The van der Waals surface area contributed by atoms with Gasteiger partial charge in [0.1, 0.15) is 5.75 Å². The van der Waals surface area contributed by atoms with Gasteiger partial charge in [0.2, 0.25) is 0 Å². The van der Waals surface area contributed by atoms with Crippen molar-refractivity contribution in [3.8, 4) is 5.75 Å². The SMILES string of the molecule is CCOC(=O)COc1ccc(N)c(Cl)c1. The molecule has 0 aromatic heterocycles. The maximum absolute atomic E-state index is 11.0. The van der Waals surface area contributed by atoms with Gasteiger partial charge in [0.15, 0.2) is 6.61 Å². The quantitative estimate of drug-likeness (QED) is 0.633. The number of rotatable bonds is 4. The zero-order chi connectivity index (χ0) is 11.3. The van der Waals surface area contributed by atoms with Crippen molar-refractivity contribution in [3.05, 3.63) is 23.2 Å². The lowest BCUT2D eigenvalue weighted by Gasteiger charge is -2.06. The molecule has 0 bridgehead atoms. The number of hydrogen-bond donors (Lipinski definition) is 1. The number of hydrogen-bond acceptors (Lipinski definition) is 4. The minimum absolute atomic E-state index is 0.131. The van der Waals surface area contributed by atoms with Gasteiger partial charge in [-0.05, 0) is 19.1 Å². The molecule has 0 unspecified atom stereocenters. The van der Waals surface area contributed by atoms with Crippen LogP contribution in [0.1, 0.15) is 6.92 Å². The van der Waals surface area contributed by atoms with Gasteiger partial charge < -0.3 is 15.2 Å². The minimum atomic E-state index is -0.412. The number of carbonyl (C=O) groups excluding carboxylic acids is 1. The fraction of sp³-hybridized carbons (Fsp3) is 0.300. The molecule has 1 aromatic carbocycles. The number of anilines is 1. The van der Waals surface area contributed by atoms with Crippen molar-refractivity contribution in [1.29, 1.82) is 0 Å². The Balaban J connectivity index is 2.51. The molecule has 0 radical (unpaired) electrons. The lowest BCUT2D eigenvalue weighted by molar-refractivity contribution is -0.145. The highest BCUT2D eigenvalue weighted by Crippen LogP contribution is 2.23. The van der Waals surface area contributed by atoms with E-state index in [1.807, 2.05) is 0 Å². The molecule has 0 saturated heterocycles. The van der Waals surface area contributed by atoms with E-state index in [9.17, 15) is 4.79 Å². The average molecular weight is 230 g/mol. The molecule has 2 N–H and O–H groups in total. The third-order valence-corrected chi connectivity index (χ3v) is 1.96. The first-order chi connectivity index (χ1) is 7.13. The molecule has 0 aliphatic carbocycles. The molecule has 15 heavy (non-hydrogen) atoms. The van der Waals surface area contributed by atoms with Crippen LogP contribution >= 0.6 is 11.6 Å². The molecule has 1 aromatic rings. The predicted octanol–water partition coefficient (Wildman–Crippen LogP) is 1.86. The number of halogens is 1. The largest absolute Gasteiger partial charge is 0.482 e. The number of benzene rings is 1. The van der Waals surface area contributed by atoms with E-state index in [0.717, 1.165) is 0 Å². The van der Waals surface area contributed by atoms with Crippen LogP contribution in [0, 0.1) is 0 Å². The molecule has 0 amide bonds. The molecule has 0 heterocycles. The lowest BCUT2D eigenvalue weighted by Crippen LogP contribution is -2.14. The fourth-order valence-corrected chi connectivity index (χ4v) is 1.11. The van der Waals surface area contributed by atoms with E-state index in [0.29, 0.717) is 23.1 Å². The molecule has 0 saturated carbocycles. The van der Waals surface area contributed by atoms with E-state index < -0.39 is 5.97 Å². The maximum Gasteiger partial charge on any atom is 0.344 e. The second-order valence-corrected chi connectivity index (χ2v) is 3.18. The van der Waals surface area contributed by atoms with Gasteiger partial charge in [0.05, 0.1) is 17.3 Å². The Morgan fingerprint density at radius 2 is 2.27 bits per heavy atom. The van der Waals surface area contributed by atoms with Crippen LogP contribution in [0.3, 0.4) is 0 Å². The predicted molar refractivity (Wildman–Crippen MR) is 58.0 cm³/mol. The summed E-state index contributed by atoms with van der Waals surface area (Å²) in [6.07, 6.45) is 0. The summed E-state index contributed by atoms with van der Waals surface area (Å²) in [5.74, 6) is 0.0766. The zero-order valence-electron chi connectivity index (χ0n) is 8.33. The van der Waals surface area contributed by atoms with Gasteiger partial charge >= 0.3 is 5.97 Å². The Kier molecular flexibility index (Phi) is 4.24. The van der Waals surface area contributed by atoms with Gasteiger partial charge in [0, 0.05) is 6.07 Å². The van der Waals surface area contributed by atoms with Crippen molar-refractivity contribution in [2.75, 3.05) is 18.9 Å². The molecule has 4 nitrogen and oxygen atoms in total. The summed E-state index contributed by atoms with van der Waals surface area (Å²) in [5, 5.41) is 0.399. The topological polar surface area (TPSA) is 61.5 Å². The molecule has 0 fully saturated rings. The van der Waals surface area contributed by atoms with E-state index in [1.165, 1.54) is 0 Å². The highest BCUT2D eigenvalue weighted by Gasteiger charge is 2.04. The first kappa shape index (κ1) is 11.7. The molecular formula is C10H12ClNO3. The normalized spacial score (nSPS) is 9.73. The van der Waals surface area contributed by atoms with E-state index in [1.54, 1.807) is 25.1 Å². The van der Waals surface area contributed by atoms with Crippen molar-refractivity contribution in [1.82, 2.24) is 0 Å². The third kappa shape index (κ3) is 3.67. The van der Waals surface area contributed by atoms with Crippen LogP contribution in [-0.2, 0) is 9.53 Å². The van der Waals surface area contributed by atoms with Crippen LogP contribution in [0.2, 0.25) is 5.02 Å². The summed E-state index contributed by atoms with van der Waals surface area (Å²) in [6.45, 7) is 1.94. The minimum Gasteiger partial charge on any atom is -0.482 e. The molecular weight excluding hydrogens is 218 g/mol. The molecule has 1 rings (SSSR count). The molecule has 82 valence electrons. The summed E-state index contributed by atoms with van der Waals surface area (Å²) in [5.41, 5.74) is 5.99. The smallest absolute Gasteiger partial charge is 0.344 e. The van der Waals surface area contributed by atoms with Gasteiger partial charge in [0.25, 0.3) is 0 Å². The van der Waals surface area contributed by atoms with Crippen LogP contribution < -0.4 is 10.5 Å². The van der Waals surface area contributed by atoms with Gasteiger partial charge in [-0.15, -0.1) is 0 Å².